The number of sulfonamides is 1. The third-order valence-corrected chi connectivity index (χ3v) is 5.29. The van der Waals surface area contributed by atoms with Crippen LogP contribution in [0.3, 0.4) is 0 Å². The van der Waals surface area contributed by atoms with E-state index in [9.17, 15) is 17.2 Å². The molecule has 0 saturated heterocycles. The second-order valence-electron chi connectivity index (χ2n) is 5.83. The maximum Gasteiger partial charge on any atom is 0.261 e. The Balaban J connectivity index is 1.97. The standard InChI is InChI=1S/C16H16F2N4O3S/c1-8-14(16-21-10(3)22-25-16)15(9(2)20-8)26(23,24)19-7-11-4-12(17)6-13(18)5-11/h4-6,19-20H,7H2,1-3H3. The Morgan fingerprint density at radius 2 is 1.77 bits per heavy atom. The molecule has 0 unspecified atom stereocenters. The van der Waals surface area contributed by atoms with Gasteiger partial charge in [0.15, 0.2) is 5.82 Å². The molecule has 2 aromatic heterocycles. The summed E-state index contributed by atoms with van der Waals surface area (Å²) in [7, 11) is -4.02. The topological polar surface area (TPSA) is 101 Å². The van der Waals surface area contributed by atoms with Gasteiger partial charge in [-0.2, -0.15) is 4.98 Å². The Labute approximate surface area is 148 Å². The molecule has 0 saturated carbocycles. The van der Waals surface area contributed by atoms with E-state index in [0.29, 0.717) is 23.3 Å². The Hall–Kier alpha value is -2.59. The van der Waals surface area contributed by atoms with E-state index in [-0.39, 0.29) is 28.5 Å². The predicted molar refractivity (Wildman–Crippen MR) is 88.7 cm³/mol. The molecule has 7 nitrogen and oxygen atoms in total. The molecule has 26 heavy (non-hydrogen) atoms. The molecule has 10 heteroatoms. The lowest BCUT2D eigenvalue weighted by molar-refractivity contribution is 0.424. The van der Waals surface area contributed by atoms with Crippen molar-refractivity contribution in [3.8, 4) is 11.5 Å². The molecule has 2 N–H and O–H groups in total. The Morgan fingerprint density at radius 1 is 1.12 bits per heavy atom. The maximum atomic E-state index is 13.3. The number of nitrogens with one attached hydrogen (secondary N) is 2. The number of rotatable bonds is 5. The number of halogens is 2. The second kappa shape index (κ2) is 6.61. The van der Waals surface area contributed by atoms with Gasteiger partial charge < -0.3 is 9.51 Å². The van der Waals surface area contributed by atoms with E-state index >= 15 is 0 Å². The van der Waals surface area contributed by atoms with Gasteiger partial charge in [0.05, 0.1) is 5.56 Å². The smallest absolute Gasteiger partial charge is 0.261 e. The van der Waals surface area contributed by atoms with Crippen molar-refractivity contribution in [2.24, 2.45) is 0 Å². The lowest BCUT2D eigenvalue weighted by Gasteiger charge is -2.08. The quantitative estimate of drug-likeness (QED) is 0.707. The largest absolute Gasteiger partial charge is 0.361 e. The summed E-state index contributed by atoms with van der Waals surface area (Å²) in [5, 5.41) is 3.68. The molecule has 0 amide bonds. The van der Waals surface area contributed by atoms with Crippen LogP contribution in [0.2, 0.25) is 0 Å². The van der Waals surface area contributed by atoms with Crippen LogP contribution >= 0.6 is 0 Å². The van der Waals surface area contributed by atoms with Crippen molar-refractivity contribution in [1.82, 2.24) is 19.8 Å². The average molecular weight is 382 g/mol. The Kier molecular flexibility index (Phi) is 4.63. The van der Waals surface area contributed by atoms with Crippen LogP contribution in [0.4, 0.5) is 8.78 Å². The zero-order chi connectivity index (χ0) is 19.1. The minimum atomic E-state index is -4.02. The van der Waals surface area contributed by atoms with Crippen LogP contribution in [0.5, 0.6) is 0 Å². The summed E-state index contributed by atoms with van der Waals surface area (Å²) in [5.41, 5.74) is 1.35. The monoisotopic (exact) mass is 382 g/mol. The molecule has 0 aliphatic heterocycles. The van der Waals surface area contributed by atoms with Crippen LogP contribution in [0, 0.1) is 32.4 Å². The van der Waals surface area contributed by atoms with Gasteiger partial charge in [-0.05, 0) is 38.5 Å². The number of benzene rings is 1. The molecule has 0 atom stereocenters. The first-order chi connectivity index (χ1) is 12.2. The number of H-pyrrole nitrogens is 1. The highest BCUT2D eigenvalue weighted by molar-refractivity contribution is 7.89. The van der Waals surface area contributed by atoms with Gasteiger partial charge in [0.25, 0.3) is 5.89 Å². The first kappa shape index (κ1) is 18.2. The van der Waals surface area contributed by atoms with Crippen molar-refractivity contribution in [2.75, 3.05) is 0 Å². The summed E-state index contributed by atoms with van der Waals surface area (Å²) < 4.78 is 59.6. The van der Waals surface area contributed by atoms with Crippen molar-refractivity contribution < 1.29 is 21.7 Å². The summed E-state index contributed by atoms with van der Waals surface area (Å²) in [5.74, 6) is -1.13. The van der Waals surface area contributed by atoms with Gasteiger partial charge >= 0.3 is 0 Å². The van der Waals surface area contributed by atoms with Crippen LogP contribution < -0.4 is 4.72 Å². The Bertz CT molecular complexity index is 1050. The molecular formula is C16H16F2N4O3S. The van der Waals surface area contributed by atoms with E-state index < -0.39 is 21.7 Å². The van der Waals surface area contributed by atoms with Gasteiger partial charge in [0.2, 0.25) is 10.0 Å². The Morgan fingerprint density at radius 3 is 2.35 bits per heavy atom. The molecule has 1 aromatic carbocycles. The molecule has 0 radical (unpaired) electrons. The SMILES string of the molecule is Cc1noc(-c2c(C)[nH]c(C)c2S(=O)(=O)NCc2cc(F)cc(F)c2)n1. The maximum absolute atomic E-state index is 13.3. The zero-order valence-electron chi connectivity index (χ0n) is 14.2. The van der Waals surface area contributed by atoms with E-state index in [1.807, 2.05) is 0 Å². The average Bonchev–Trinajstić information content (AvgIpc) is 3.07. The molecular weight excluding hydrogens is 366 g/mol. The normalized spacial score (nSPS) is 11.9. The summed E-state index contributed by atoms with van der Waals surface area (Å²) >= 11 is 0. The molecule has 0 fully saturated rings. The molecule has 0 bridgehead atoms. The highest BCUT2D eigenvalue weighted by Crippen LogP contribution is 2.32. The third kappa shape index (κ3) is 3.51. The highest BCUT2D eigenvalue weighted by atomic mass is 32.2. The van der Waals surface area contributed by atoms with Crippen molar-refractivity contribution in [2.45, 2.75) is 32.2 Å². The molecule has 3 aromatic rings. The van der Waals surface area contributed by atoms with Gasteiger partial charge in [0, 0.05) is 24.0 Å². The number of hydrogen-bond donors (Lipinski definition) is 2. The molecule has 0 aliphatic rings. The summed E-state index contributed by atoms with van der Waals surface area (Å²) in [4.78, 5) is 6.98. The van der Waals surface area contributed by atoms with Crippen molar-refractivity contribution in [1.29, 1.82) is 0 Å². The predicted octanol–water partition coefficient (Wildman–Crippen LogP) is 2.75. The molecule has 138 valence electrons. The number of aryl methyl sites for hydroxylation is 3. The van der Waals surface area contributed by atoms with Gasteiger partial charge in [-0.25, -0.2) is 21.9 Å². The first-order valence-corrected chi connectivity index (χ1v) is 9.10. The fraction of sp³-hybridized carbons (Fsp3) is 0.250. The minimum Gasteiger partial charge on any atom is -0.361 e. The summed E-state index contributed by atoms with van der Waals surface area (Å²) in [6, 6.07) is 2.83. The van der Waals surface area contributed by atoms with E-state index in [1.165, 1.54) is 0 Å². The van der Waals surface area contributed by atoms with E-state index in [1.54, 1.807) is 20.8 Å². The molecule has 0 spiro atoms. The highest BCUT2D eigenvalue weighted by Gasteiger charge is 2.28. The summed E-state index contributed by atoms with van der Waals surface area (Å²) in [6.07, 6.45) is 0. The van der Waals surface area contributed by atoms with Gasteiger partial charge in [-0.3, -0.25) is 0 Å². The lowest BCUT2D eigenvalue weighted by atomic mass is 10.2. The number of aromatic nitrogens is 3. The minimum absolute atomic E-state index is 0.0458. The number of aromatic amines is 1. The fourth-order valence-electron chi connectivity index (χ4n) is 2.71. The van der Waals surface area contributed by atoms with Crippen molar-refractivity contribution >= 4 is 10.0 Å². The van der Waals surface area contributed by atoms with Crippen LogP contribution in [-0.4, -0.2) is 23.5 Å². The first-order valence-electron chi connectivity index (χ1n) is 7.62. The van der Waals surface area contributed by atoms with E-state index in [2.05, 4.69) is 19.8 Å². The van der Waals surface area contributed by atoms with Crippen molar-refractivity contribution in [3.05, 3.63) is 52.6 Å². The summed E-state index contributed by atoms with van der Waals surface area (Å²) in [6.45, 7) is 4.62. The van der Waals surface area contributed by atoms with Gasteiger partial charge in [-0.15, -0.1) is 0 Å². The second-order valence-corrected chi connectivity index (χ2v) is 7.53. The van der Waals surface area contributed by atoms with Crippen molar-refractivity contribution in [3.63, 3.8) is 0 Å². The van der Waals surface area contributed by atoms with E-state index in [4.69, 9.17) is 4.52 Å². The number of hydrogen-bond acceptors (Lipinski definition) is 5. The van der Waals surface area contributed by atoms with Crippen LogP contribution in [-0.2, 0) is 16.6 Å². The number of nitrogens with zero attached hydrogens (tertiary/aromatic N) is 2. The van der Waals surface area contributed by atoms with Crippen LogP contribution in [0.15, 0.2) is 27.6 Å². The van der Waals surface area contributed by atoms with Gasteiger partial charge in [0.1, 0.15) is 16.5 Å². The van der Waals surface area contributed by atoms with E-state index in [0.717, 1.165) is 12.1 Å². The van der Waals surface area contributed by atoms with Gasteiger partial charge in [-0.1, -0.05) is 5.16 Å². The lowest BCUT2D eigenvalue weighted by Crippen LogP contribution is -2.24. The van der Waals surface area contributed by atoms with Crippen LogP contribution in [0.25, 0.3) is 11.5 Å². The molecule has 3 rings (SSSR count). The third-order valence-electron chi connectivity index (χ3n) is 3.72. The molecule has 0 aliphatic carbocycles. The fourth-order valence-corrected chi connectivity index (χ4v) is 4.18. The van der Waals surface area contributed by atoms with Crippen LogP contribution in [0.1, 0.15) is 22.8 Å². The molecule has 2 heterocycles. The zero-order valence-corrected chi connectivity index (χ0v) is 15.0.